The molecule has 0 saturated carbocycles. The summed E-state index contributed by atoms with van der Waals surface area (Å²) in [4.78, 5) is 0. The zero-order valence-corrected chi connectivity index (χ0v) is 9.97. The first-order chi connectivity index (χ1) is 7.31. The van der Waals surface area contributed by atoms with E-state index >= 15 is 0 Å². The van der Waals surface area contributed by atoms with E-state index in [1.54, 1.807) is 0 Å². The van der Waals surface area contributed by atoms with Crippen LogP contribution in [0, 0.1) is 5.41 Å². The van der Waals surface area contributed by atoms with Crippen LogP contribution < -0.4 is 11.5 Å². The fraction of sp³-hybridized carbons (Fsp3) is 0.875. The SMILES string of the molecule is CC(C)(C)COCCOB(O)ON=C(N)N. The van der Waals surface area contributed by atoms with Gasteiger partial charge in [0, 0.05) is 0 Å². The number of rotatable bonds is 7. The number of hydrogen-bond acceptors (Lipinski definition) is 5. The van der Waals surface area contributed by atoms with Crippen LogP contribution in [0.3, 0.4) is 0 Å². The van der Waals surface area contributed by atoms with Crippen LogP contribution in [0.2, 0.25) is 0 Å². The molecule has 0 aromatic carbocycles. The van der Waals surface area contributed by atoms with Crippen LogP contribution in [0.15, 0.2) is 5.16 Å². The Balaban J connectivity index is 3.42. The molecule has 0 spiro atoms. The number of oxime groups is 1. The van der Waals surface area contributed by atoms with E-state index < -0.39 is 7.32 Å². The predicted molar refractivity (Wildman–Crippen MR) is 61.1 cm³/mol. The molecule has 0 aromatic heterocycles. The minimum Gasteiger partial charge on any atom is -0.401 e. The van der Waals surface area contributed by atoms with E-state index in [1.165, 1.54) is 0 Å². The smallest absolute Gasteiger partial charge is 0.401 e. The van der Waals surface area contributed by atoms with Gasteiger partial charge in [-0.2, -0.15) is 0 Å². The van der Waals surface area contributed by atoms with Crippen molar-refractivity contribution in [2.75, 3.05) is 19.8 Å². The summed E-state index contributed by atoms with van der Waals surface area (Å²) in [6.07, 6.45) is 0. The van der Waals surface area contributed by atoms with Gasteiger partial charge in [-0.05, 0) is 5.41 Å². The van der Waals surface area contributed by atoms with Gasteiger partial charge in [-0.15, -0.1) is 0 Å². The molecular formula is C8H20BN3O4. The first-order valence-electron chi connectivity index (χ1n) is 4.93. The van der Waals surface area contributed by atoms with Crippen LogP contribution in [-0.2, 0) is 14.1 Å². The largest absolute Gasteiger partial charge is 0.732 e. The van der Waals surface area contributed by atoms with E-state index in [0.717, 1.165) is 0 Å². The van der Waals surface area contributed by atoms with Crippen LogP contribution in [0.4, 0.5) is 0 Å². The average molecular weight is 233 g/mol. The Bertz CT molecular complexity index is 216. The zero-order chi connectivity index (χ0) is 12.6. The number of guanidine groups is 1. The summed E-state index contributed by atoms with van der Waals surface area (Å²) in [5.41, 5.74) is 10.1. The molecule has 0 aromatic rings. The van der Waals surface area contributed by atoms with Crippen LogP contribution in [0.5, 0.6) is 0 Å². The van der Waals surface area contributed by atoms with Crippen LogP contribution in [-0.4, -0.2) is 38.1 Å². The van der Waals surface area contributed by atoms with E-state index in [2.05, 4.69) is 30.7 Å². The maximum atomic E-state index is 9.04. The molecule has 0 rings (SSSR count). The Morgan fingerprint density at radius 1 is 1.31 bits per heavy atom. The Morgan fingerprint density at radius 3 is 2.44 bits per heavy atom. The van der Waals surface area contributed by atoms with E-state index in [4.69, 9.17) is 25.9 Å². The first-order valence-corrected chi connectivity index (χ1v) is 4.93. The van der Waals surface area contributed by atoms with Crippen LogP contribution >= 0.6 is 0 Å². The molecule has 5 N–H and O–H groups in total. The molecule has 94 valence electrons. The molecule has 0 amide bonds. The van der Waals surface area contributed by atoms with E-state index in [9.17, 15) is 0 Å². The summed E-state index contributed by atoms with van der Waals surface area (Å²) in [5.74, 6) is -0.286. The van der Waals surface area contributed by atoms with Gasteiger partial charge in [-0.25, -0.2) is 0 Å². The lowest BCUT2D eigenvalue weighted by Crippen LogP contribution is -2.28. The molecule has 0 atom stereocenters. The minimum atomic E-state index is -1.49. The topological polar surface area (TPSA) is 112 Å². The maximum Gasteiger partial charge on any atom is 0.732 e. The molecule has 16 heavy (non-hydrogen) atoms. The zero-order valence-electron chi connectivity index (χ0n) is 9.97. The van der Waals surface area contributed by atoms with Gasteiger partial charge in [0.2, 0.25) is 5.96 Å². The number of hydrogen-bond donors (Lipinski definition) is 3. The van der Waals surface area contributed by atoms with Crippen molar-refractivity contribution in [3.05, 3.63) is 0 Å². The van der Waals surface area contributed by atoms with E-state index in [-0.39, 0.29) is 18.0 Å². The lowest BCUT2D eigenvalue weighted by Gasteiger charge is -2.17. The maximum absolute atomic E-state index is 9.04. The summed E-state index contributed by atoms with van der Waals surface area (Å²) in [5, 5.41) is 12.2. The van der Waals surface area contributed by atoms with Crippen molar-refractivity contribution in [1.82, 2.24) is 0 Å². The molecule has 0 fully saturated rings. The summed E-state index contributed by atoms with van der Waals surface area (Å²) in [7, 11) is -1.49. The Morgan fingerprint density at radius 2 is 1.94 bits per heavy atom. The van der Waals surface area contributed by atoms with Gasteiger partial charge in [0.25, 0.3) is 0 Å². The summed E-state index contributed by atoms with van der Waals surface area (Å²) >= 11 is 0. The molecule has 0 aliphatic heterocycles. The predicted octanol–water partition coefficient (Wildman–Crippen LogP) is -0.752. The van der Waals surface area contributed by atoms with E-state index in [0.29, 0.717) is 13.2 Å². The lowest BCUT2D eigenvalue weighted by molar-refractivity contribution is 0.0356. The minimum absolute atomic E-state index is 0.105. The Labute approximate surface area is 95.9 Å². The van der Waals surface area contributed by atoms with Gasteiger partial charge in [0.15, 0.2) is 0 Å². The standard InChI is InChI=1S/C8H20BN3O4/c1-8(2,3)6-14-4-5-15-9(13)16-12-7(10)11/h13H,4-6H2,1-3H3,(H4,10,11,12). The Kier molecular flexibility index (Phi) is 6.86. The number of nitrogens with two attached hydrogens (primary N) is 2. The third-order valence-corrected chi connectivity index (χ3v) is 1.27. The molecule has 0 aliphatic carbocycles. The Hall–Kier alpha value is -0.985. The second-order valence-corrected chi connectivity index (χ2v) is 4.41. The number of nitrogens with zero attached hydrogens (tertiary/aromatic N) is 1. The van der Waals surface area contributed by atoms with Crippen molar-refractivity contribution in [1.29, 1.82) is 0 Å². The van der Waals surface area contributed by atoms with Crippen molar-refractivity contribution in [2.24, 2.45) is 22.0 Å². The summed E-state index contributed by atoms with van der Waals surface area (Å²) in [6, 6.07) is 0. The van der Waals surface area contributed by atoms with Gasteiger partial charge < -0.3 is 30.6 Å². The van der Waals surface area contributed by atoms with Gasteiger partial charge in [0.1, 0.15) is 0 Å². The molecule has 8 heteroatoms. The molecule has 0 bridgehead atoms. The fourth-order valence-electron chi connectivity index (χ4n) is 0.723. The molecular weight excluding hydrogens is 213 g/mol. The molecule has 0 heterocycles. The van der Waals surface area contributed by atoms with Crippen molar-refractivity contribution < 1.29 is 19.2 Å². The summed E-state index contributed by atoms with van der Waals surface area (Å²) < 4.78 is 14.5. The highest BCUT2D eigenvalue weighted by atomic mass is 16.8. The van der Waals surface area contributed by atoms with Gasteiger partial charge >= 0.3 is 7.32 Å². The average Bonchev–Trinajstić information content (AvgIpc) is 2.12. The van der Waals surface area contributed by atoms with Crippen LogP contribution in [0.1, 0.15) is 20.8 Å². The van der Waals surface area contributed by atoms with Gasteiger partial charge in [-0.1, -0.05) is 25.9 Å². The van der Waals surface area contributed by atoms with E-state index in [1.807, 2.05) is 0 Å². The second-order valence-electron chi connectivity index (χ2n) is 4.41. The molecule has 0 saturated heterocycles. The third kappa shape index (κ3) is 11.1. The quantitative estimate of drug-likeness (QED) is 0.175. The summed E-state index contributed by atoms with van der Waals surface area (Å²) in [6.45, 7) is 7.34. The second kappa shape index (κ2) is 7.31. The lowest BCUT2D eigenvalue weighted by atomic mass is 9.99. The third-order valence-electron chi connectivity index (χ3n) is 1.27. The van der Waals surface area contributed by atoms with Crippen molar-refractivity contribution in [3.8, 4) is 0 Å². The van der Waals surface area contributed by atoms with Crippen LogP contribution in [0.25, 0.3) is 0 Å². The highest BCUT2D eigenvalue weighted by Gasteiger charge is 2.17. The highest BCUT2D eigenvalue weighted by molar-refractivity contribution is 6.34. The fourth-order valence-corrected chi connectivity index (χ4v) is 0.723. The molecule has 0 radical (unpaired) electrons. The van der Waals surface area contributed by atoms with Gasteiger partial charge in [-0.3, -0.25) is 0 Å². The van der Waals surface area contributed by atoms with Gasteiger partial charge in [0.05, 0.1) is 19.8 Å². The first kappa shape index (κ1) is 15.0. The molecule has 7 nitrogen and oxygen atoms in total. The molecule has 0 aliphatic rings. The monoisotopic (exact) mass is 233 g/mol. The highest BCUT2D eigenvalue weighted by Crippen LogP contribution is 2.12. The number of ether oxygens (including phenoxy) is 1. The van der Waals surface area contributed by atoms with Crippen molar-refractivity contribution in [3.63, 3.8) is 0 Å². The van der Waals surface area contributed by atoms with Crippen molar-refractivity contribution in [2.45, 2.75) is 20.8 Å². The normalized spacial score (nSPS) is 11.0. The van der Waals surface area contributed by atoms with Crippen molar-refractivity contribution >= 4 is 13.3 Å². The molecule has 0 unspecified atom stereocenters.